The monoisotopic (exact) mass is 206 g/mol. The molecule has 0 aliphatic rings. The van der Waals surface area contributed by atoms with Gasteiger partial charge in [0.15, 0.2) is 5.82 Å². The highest BCUT2D eigenvalue weighted by Crippen LogP contribution is 2.07. The number of hydrogen-bond donors (Lipinski definition) is 1. The number of rotatable bonds is 1. The molecule has 4 nitrogen and oxygen atoms in total. The van der Waals surface area contributed by atoms with Crippen LogP contribution in [-0.2, 0) is 0 Å². The minimum absolute atomic E-state index is 0.621. The molecule has 5 heteroatoms. The number of nitrogens with zero attached hydrogens (tertiary/aromatic N) is 3. The SMILES string of the molecule is Cc1cc(C)n(-c2ccc(=S)[nH]n2)n1. The van der Waals surface area contributed by atoms with Crippen LogP contribution < -0.4 is 0 Å². The van der Waals surface area contributed by atoms with E-state index in [1.54, 1.807) is 10.7 Å². The standard InChI is InChI=1S/C9H10N4S/c1-6-5-7(2)13(12-6)8-3-4-9(14)11-10-8/h3-5H,1-2H3,(H,11,14). The molecule has 0 atom stereocenters. The van der Waals surface area contributed by atoms with Crippen LogP contribution in [0.2, 0.25) is 0 Å². The summed E-state index contributed by atoms with van der Waals surface area (Å²) in [5.74, 6) is 0.754. The summed E-state index contributed by atoms with van der Waals surface area (Å²) in [6.45, 7) is 3.94. The third-order valence-electron chi connectivity index (χ3n) is 1.89. The molecular weight excluding hydrogens is 196 g/mol. The van der Waals surface area contributed by atoms with Gasteiger partial charge >= 0.3 is 0 Å². The molecule has 0 aromatic carbocycles. The van der Waals surface area contributed by atoms with Crippen molar-refractivity contribution < 1.29 is 0 Å². The maximum atomic E-state index is 4.91. The Balaban J connectivity index is 2.54. The average Bonchev–Trinajstić information content (AvgIpc) is 2.47. The van der Waals surface area contributed by atoms with Crippen LogP contribution in [0.3, 0.4) is 0 Å². The second-order valence-electron chi connectivity index (χ2n) is 3.12. The molecule has 0 fully saturated rings. The van der Waals surface area contributed by atoms with E-state index in [2.05, 4.69) is 15.3 Å². The third kappa shape index (κ3) is 1.58. The van der Waals surface area contributed by atoms with Gasteiger partial charge in [-0.15, -0.1) is 0 Å². The van der Waals surface area contributed by atoms with Crippen molar-refractivity contribution >= 4 is 12.2 Å². The van der Waals surface area contributed by atoms with Crippen molar-refractivity contribution in [2.45, 2.75) is 13.8 Å². The molecule has 2 aromatic heterocycles. The molecule has 0 radical (unpaired) electrons. The number of hydrogen-bond acceptors (Lipinski definition) is 3. The number of nitrogens with one attached hydrogen (secondary N) is 1. The van der Waals surface area contributed by atoms with Gasteiger partial charge in [-0.25, -0.2) is 4.68 Å². The van der Waals surface area contributed by atoms with Gasteiger partial charge in [0.25, 0.3) is 0 Å². The molecule has 0 aliphatic heterocycles. The van der Waals surface area contributed by atoms with Gasteiger partial charge in [-0.1, -0.05) is 12.2 Å². The molecule has 0 unspecified atom stereocenters. The fourth-order valence-corrected chi connectivity index (χ4v) is 1.43. The van der Waals surface area contributed by atoms with E-state index in [9.17, 15) is 0 Å². The highest BCUT2D eigenvalue weighted by atomic mass is 32.1. The number of aryl methyl sites for hydroxylation is 2. The Morgan fingerprint density at radius 1 is 1.36 bits per heavy atom. The first-order chi connectivity index (χ1) is 6.66. The molecule has 0 bridgehead atoms. The van der Waals surface area contributed by atoms with Gasteiger partial charge in [0.05, 0.1) is 5.69 Å². The van der Waals surface area contributed by atoms with E-state index in [1.165, 1.54) is 0 Å². The van der Waals surface area contributed by atoms with Crippen molar-refractivity contribution in [3.05, 3.63) is 34.2 Å². The molecule has 1 N–H and O–H groups in total. The molecule has 2 aromatic rings. The van der Waals surface area contributed by atoms with Crippen LogP contribution >= 0.6 is 12.2 Å². The van der Waals surface area contributed by atoms with Gasteiger partial charge in [0.1, 0.15) is 4.64 Å². The lowest BCUT2D eigenvalue weighted by atomic mass is 10.4. The van der Waals surface area contributed by atoms with Gasteiger partial charge in [0.2, 0.25) is 0 Å². The highest BCUT2D eigenvalue weighted by Gasteiger charge is 2.03. The lowest BCUT2D eigenvalue weighted by molar-refractivity contribution is 0.779. The Kier molecular flexibility index (Phi) is 2.17. The van der Waals surface area contributed by atoms with Gasteiger partial charge in [-0.2, -0.15) is 10.2 Å². The van der Waals surface area contributed by atoms with Crippen LogP contribution in [0, 0.1) is 18.5 Å². The Labute approximate surface area is 86.6 Å². The Morgan fingerprint density at radius 2 is 2.14 bits per heavy atom. The maximum absolute atomic E-state index is 4.91. The van der Waals surface area contributed by atoms with Crippen LogP contribution in [0.1, 0.15) is 11.4 Å². The Bertz CT molecular complexity index is 491. The first-order valence-electron chi connectivity index (χ1n) is 4.26. The normalized spacial score (nSPS) is 10.4. The van der Waals surface area contributed by atoms with Crippen LogP contribution in [0.4, 0.5) is 0 Å². The second-order valence-corrected chi connectivity index (χ2v) is 3.56. The van der Waals surface area contributed by atoms with E-state index >= 15 is 0 Å². The number of H-pyrrole nitrogens is 1. The summed E-state index contributed by atoms with van der Waals surface area (Å²) in [6.07, 6.45) is 0. The summed E-state index contributed by atoms with van der Waals surface area (Å²) in [5.41, 5.74) is 2.03. The molecular formula is C9H10N4S. The van der Waals surface area contributed by atoms with Crippen LogP contribution in [0.15, 0.2) is 18.2 Å². The fourth-order valence-electron chi connectivity index (χ4n) is 1.32. The lowest BCUT2D eigenvalue weighted by Gasteiger charge is -2.00. The van der Waals surface area contributed by atoms with E-state index in [-0.39, 0.29) is 0 Å². The minimum atomic E-state index is 0.621. The summed E-state index contributed by atoms with van der Waals surface area (Å²) in [7, 11) is 0. The Morgan fingerprint density at radius 3 is 2.64 bits per heavy atom. The van der Waals surface area contributed by atoms with Crippen LogP contribution in [-0.4, -0.2) is 20.0 Å². The van der Waals surface area contributed by atoms with Crippen molar-refractivity contribution in [2.24, 2.45) is 0 Å². The summed E-state index contributed by atoms with van der Waals surface area (Å²) < 4.78 is 2.40. The first kappa shape index (κ1) is 9.08. The van der Waals surface area contributed by atoms with Gasteiger partial charge in [0, 0.05) is 5.69 Å². The van der Waals surface area contributed by atoms with Gasteiger partial charge in [-0.3, -0.25) is 5.10 Å². The summed E-state index contributed by atoms with van der Waals surface area (Å²) >= 11 is 4.91. The predicted octanol–water partition coefficient (Wildman–Crippen LogP) is 1.94. The van der Waals surface area contributed by atoms with Crippen molar-refractivity contribution in [2.75, 3.05) is 0 Å². The predicted molar refractivity (Wildman–Crippen MR) is 56.0 cm³/mol. The fraction of sp³-hybridized carbons (Fsp3) is 0.222. The summed E-state index contributed by atoms with van der Waals surface area (Å²) in [4.78, 5) is 0. The van der Waals surface area contributed by atoms with Gasteiger partial charge in [-0.05, 0) is 32.0 Å². The largest absolute Gasteiger partial charge is 0.266 e. The highest BCUT2D eigenvalue weighted by molar-refractivity contribution is 7.71. The summed E-state index contributed by atoms with van der Waals surface area (Å²) in [5, 5.41) is 11.1. The zero-order valence-corrected chi connectivity index (χ0v) is 8.80. The first-order valence-corrected chi connectivity index (χ1v) is 4.67. The third-order valence-corrected chi connectivity index (χ3v) is 2.12. The number of aromatic nitrogens is 4. The van der Waals surface area contributed by atoms with Crippen molar-refractivity contribution in [1.29, 1.82) is 0 Å². The molecule has 0 amide bonds. The van der Waals surface area contributed by atoms with Crippen molar-refractivity contribution in [3.8, 4) is 5.82 Å². The molecule has 0 aliphatic carbocycles. The average molecular weight is 206 g/mol. The van der Waals surface area contributed by atoms with E-state index in [4.69, 9.17) is 12.2 Å². The maximum Gasteiger partial charge on any atom is 0.173 e. The zero-order chi connectivity index (χ0) is 10.1. The van der Waals surface area contributed by atoms with E-state index in [0.717, 1.165) is 17.2 Å². The molecule has 14 heavy (non-hydrogen) atoms. The molecule has 72 valence electrons. The lowest BCUT2D eigenvalue weighted by Crippen LogP contribution is -2.02. The smallest absolute Gasteiger partial charge is 0.173 e. The zero-order valence-electron chi connectivity index (χ0n) is 7.98. The van der Waals surface area contributed by atoms with Crippen molar-refractivity contribution in [3.63, 3.8) is 0 Å². The van der Waals surface area contributed by atoms with Crippen LogP contribution in [0.5, 0.6) is 0 Å². The topological polar surface area (TPSA) is 46.5 Å². The van der Waals surface area contributed by atoms with E-state index < -0.39 is 0 Å². The Hall–Kier alpha value is -1.49. The number of aromatic amines is 1. The molecule has 0 saturated carbocycles. The quantitative estimate of drug-likeness (QED) is 0.725. The summed E-state index contributed by atoms with van der Waals surface area (Å²) in [6, 6.07) is 5.65. The minimum Gasteiger partial charge on any atom is -0.266 e. The molecule has 0 saturated heterocycles. The molecule has 2 heterocycles. The van der Waals surface area contributed by atoms with E-state index in [1.807, 2.05) is 26.0 Å². The van der Waals surface area contributed by atoms with Crippen molar-refractivity contribution in [1.82, 2.24) is 20.0 Å². The van der Waals surface area contributed by atoms with E-state index in [0.29, 0.717) is 4.64 Å². The van der Waals surface area contributed by atoms with Crippen LogP contribution in [0.25, 0.3) is 5.82 Å². The molecule has 2 rings (SSSR count). The second kappa shape index (κ2) is 3.34. The molecule has 0 spiro atoms. The van der Waals surface area contributed by atoms with Gasteiger partial charge < -0.3 is 0 Å².